The van der Waals surface area contributed by atoms with Crippen LogP contribution in [0.2, 0.25) is 0 Å². The molecule has 0 amide bonds. The zero-order valence-corrected chi connectivity index (χ0v) is 16.1. The standard InChI is InChI=1S/C15H23N5O2S2/c1-5-20-13(4)16-17-15(20)18-6-8-19(9-7-18)24(21,22)14-10-11(2)23-12(14)3/h10H,5-9H2,1-4H3. The van der Waals surface area contributed by atoms with Gasteiger partial charge in [-0.3, -0.25) is 4.57 Å². The van der Waals surface area contributed by atoms with E-state index in [0.29, 0.717) is 31.1 Å². The van der Waals surface area contributed by atoms with E-state index in [1.54, 1.807) is 10.4 Å². The zero-order valence-electron chi connectivity index (χ0n) is 14.5. The van der Waals surface area contributed by atoms with E-state index in [0.717, 1.165) is 28.1 Å². The Bertz CT molecular complexity index is 832. The van der Waals surface area contributed by atoms with Crippen molar-refractivity contribution in [2.45, 2.75) is 39.1 Å². The molecule has 3 heterocycles. The molecule has 1 saturated heterocycles. The second-order valence-corrected chi connectivity index (χ2v) is 9.33. The number of thiophene rings is 1. The molecule has 132 valence electrons. The van der Waals surface area contributed by atoms with Crippen LogP contribution in [0.15, 0.2) is 11.0 Å². The normalized spacial score (nSPS) is 16.8. The Labute approximate surface area is 147 Å². The Balaban J connectivity index is 1.76. The topological polar surface area (TPSA) is 71.3 Å². The van der Waals surface area contributed by atoms with Gasteiger partial charge in [0.15, 0.2) is 0 Å². The van der Waals surface area contributed by atoms with Crippen LogP contribution in [0.5, 0.6) is 0 Å². The van der Waals surface area contributed by atoms with Gasteiger partial charge in [-0.25, -0.2) is 8.42 Å². The monoisotopic (exact) mass is 369 g/mol. The summed E-state index contributed by atoms with van der Waals surface area (Å²) in [5, 5.41) is 8.38. The molecule has 7 nitrogen and oxygen atoms in total. The maximum Gasteiger partial charge on any atom is 0.244 e. The second kappa shape index (κ2) is 6.45. The average molecular weight is 370 g/mol. The van der Waals surface area contributed by atoms with Crippen molar-refractivity contribution in [3.8, 4) is 0 Å². The lowest BCUT2D eigenvalue weighted by Gasteiger charge is -2.34. The van der Waals surface area contributed by atoms with Crippen molar-refractivity contribution in [1.82, 2.24) is 19.1 Å². The molecule has 24 heavy (non-hydrogen) atoms. The minimum absolute atomic E-state index is 0.450. The molecular formula is C15H23N5O2S2. The van der Waals surface area contributed by atoms with Crippen molar-refractivity contribution in [3.05, 3.63) is 21.6 Å². The van der Waals surface area contributed by atoms with Crippen molar-refractivity contribution in [3.63, 3.8) is 0 Å². The molecule has 1 aliphatic rings. The van der Waals surface area contributed by atoms with Gasteiger partial charge in [0.1, 0.15) is 5.82 Å². The first-order chi connectivity index (χ1) is 11.3. The maximum atomic E-state index is 12.9. The Kier molecular flexibility index (Phi) is 4.67. The van der Waals surface area contributed by atoms with Gasteiger partial charge in [0.25, 0.3) is 0 Å². The van der Waals surface area contributed by atoms with Gasteiger partial charge < -0.3 is 4.90 Å². The van der Waals surface area contributed by atoms with E-state index in [1.165, 1.54) is 11.3 Å². The molecule has 0 aliphatic carbocycles. The first kappa shape index (κ1) is 17.4. The molecule has 0 aromatic carbocycles. The predicted octanol–water partition coefficient (Wildman–Crippen LogP) is 1.80. The van der Waals surface area contributed by atoms with Crippen molar-refractivity contribution >= 4 is 27.3 Å². The summed E-state index contributed by atoms with van der Waals surface area (Å²) in [6.45, 7) is 10.8. The summed E-state index contributed by atoms with van der Waals surface area (Å²) in [5.74, 6) is 1.71. The number of sulfonamides is 1. The van der Waals surface area contributed by atoms with E-state index < -0.39 is 10.0 Å². The van der Waals surface area contributed by atoms with Gasteiger partial charge in [0.2, 0.25) is 16.0 Å². The highest BCUT2D eigenvalue weighted by molar-refractivity contribution is 7.89. The maximum absolute atomic E-state index is 12.9. The molecule has 0 N–H and O–H groups in total. The number of nitrogens with zero attached hydrogens (tertiary/aromatic N) is 5. The Morgan fingerprint density at radius 3 is 2.33 bits per heavy atom. The van der Waals surface area contributed by atoms with E-state index in [4.69, 9.17) is 0 Å². The van der Waals surface area contributed by atoms with Crippen LogP contribution in [0.25, 0.3) is 0 Å². The van der Waals surface area contributed by atoms with Gasteiger partial charge in [-0.05, 0) is 33.8 Å². The van der Waals surface area contributed by atoms with Crippen molar-refractivity contribution in [1.29, 1.82) is 0 Å². The highest BCUT2D eigenvalue weighted by atomic mass is 32.2. The summed E-state index contributed by atoms with van der Waals surface area (Å²) in [6, 6.07) is 1.78. The van der Waals surface area contributed by atoms with Crippen molar-refractivity contribution in [2.75, 3.05) is 31.1 Å². The van der Waals surface area contributed by atoms with Crippen LogP contribution in [0.3, 0.4) is 0 Å². The number of rotatable bonds is 4. The Morgan fingerprint density at radius 2 is 1.79 bits per heavy atom. The van der Waals surface area contributed by atoms with Crippen LogP contribution >= 0.6 is 11.3 Å². The number of hydrogen-bond donors (Lipinski definition) is 0. The molecule has 9 heteroatoms. The lowest BCUT2D eigenvalue weighted by Crippen LogP contribution is -2.49. The lowest BCUT2D eigenvalue weighted by atomic mass is 10.4. The summed E-state index contributed by atoms with van der Waals surface area (Å²) >= 11 is 1.53. The second-order valence-electron chi connectivity index (χ2n) is 5.96. The molecule has 2 aromatic heterocycles. The summed E-state index contributed by atoms with van der Waals surface area (Å²) in [4.78, 5) is 4.44. The van der Waals surface area contributed by atoms with Crippen LogP contribution in [0.4, 0.5) is 5.95 Å². The minimum atomic E-state index is -3.41. The quantitative estimate of drug-likeness (QED) is 0.822. The largest absolute Gasteiger partial charge is 0.338 e. The van der Waals surface area contributed by atoms with Gasteiger partial charge in [0.05, 0.1) is 4.90 Å². The minimum Gasteiger partial charge on any atom is -0.338 e. The molecule has 0 spiro atoms. The lowest BCUT2D eigenvalue weighted by molar-refractivity contribution is 0.380. The molecule has 0 radical (unpaired) electrons. The van der Waals surface area contributed by atoms with E-state index in [9.17, 15) is 8.42 Å². The first-order valence-electron chi connectivity index (χ1n) is 8.06. The third kappa shape index (κ3) is 2.96. The highest BCUT2D eigenvalue weighted by Crippen LogP contribution is 2.28. The van der Waals surface area contributed by atoms with Crippen LogP contribution in [-0.2, 0) is 16.6 Å². The zero-order chi connectivity index (χ0) is 17.5. The smallest absolute Gasteiger partial charge is 0.244 e. The highest BCUT2D eigenvalue weighted by Gasteiger charge is 2.31. The van der Waals surface area contributed by atoms with Gasteiger partial charge in [-0.1, -0.05) is 0 Å². The van der Waals surface area contributed by atoms with E-state index >= 15 is 0 Å². The van der Waals surface area contributed by atoms with E-state index in [1.807, 2.05) is 20.8 Å². The number of aryl methyl sites for hydroxylation is 3. The molecule has 3 rings (SSSR count). The van der Waals surface area contributed by atoms with Crippen LogP contribution in [0.1, 0.15) is 22.5 Å². The van der Waals surface area contributed by atoms with E-state index in [-0.39, 0.29) is 0 Å². The fraction of sp³-hybridized carbons (Fsp3) is 0.600. The van der Waals surface area contributed by atoms with Gasteiger partial charge >= 0.3 is 0 Å². The van der Waals surface area contributed by atoms with Crippen molar-refractivity contribution in [2.24, 2.45) is 0 Å². The third-order valence-corrected chi connectivity index (χ3v) is 7.49. The Morgan fingerprint density at radius 1 is 1.12 bits per heavy atom. The molecule has 1 fully saturated rings. The van der Waals surface area contributed by atoms with Crippen LogP contribution in [0, 0.1) is 20.8 Å². The Hall–Kier alpha value is -1.45. The third-order valence-electron chi connectivity index (χ3n) is 4.37. The van der Waals surface area contributed by atoms with Crippen LogP contribution in [-0.4, -0.2) is 53.7 Å². The molecular weight excluding hydrogens is 346 g/mol. The van der Waals surface area contributed by atoms with Gasteiger partial charge in [-0.2, -0.15) is 4.31 Å². The predicted molar refractivity (Wildman–Crippen MR) is 95.2 cm³/mol. The first-order valence-corrected chi connectivity index (χ1v) is 10.3. The molecule has 2 aromatic rings. The summed E-state index contributed by atoms with van der Waals surface area (Å²) in [6.07, 6.45) is 0. The number of anilines is 1. The SMILES string of the molecule is CCn1c(C)nnc1N1CCN(S(=O)(=O)c2cc(C)sc2C)CC1. The number of piperazine rings is 1. The fourth-order valence-electron chi connectivity index (χ4n) is 3.11. The summed E-state index contributed by atoms with van der Waals surface area (Å²) < 4.78 is 29.4. The molecule has 1 aliphatic heterocycles. The summed E-state index contributed by atoms with van der Waals surface area (Å²) in [7, 11) is -3.41. The average Bonchev–Trinajstić information content (AvgIpc) is 3.09. The van der Waals surface area contributed by atoms with Gasteiger partial charge in [0, 0.05) is 42.5 Å². The molecule has 0 unspecified atom stereocenters. The van der Waals surface area contributed by atoms with Crippen molar-refractivity contribution < 1.29 is 8.42 Å². The number of aromatic nitrogens is 3. The molecule has 0 atom stereocenters. The molecule has 0 saturated carbocycles. The molecule has 0 bridgehead atoms. The van der Waals surface area contributed by atoms with Crippen LogP contribution < -0.4 is 4.90 Å². The van der Waals surface area contributed by atoms with E-state index in [2.05, 4.69) is 26.6 Å². The van der Waals surface area contributed by atoms with Gasteiger partial charge in [-0.15, -0.1) is 21.5 Å². The number of hydrogen-bond acceptors (Lipinski definition) is 6. The summed E-state index contributed by atoms with van der Waals surface area (Å²) in [5.41, 5.74) is 0. The fourth-order valence-corrected chi connectivity index (χ4v) is 6.05.